The van der Waals surface area contributed by atoms with E-state index in [4.69, 9.17) is 0 Å². The van der Waals surface area contributed by atoms with E-state index in [2.05, 4.69) is 59.9 Å². The average molecular weight is 531 g/mol. The van der Waals surface area contributed by atoms with Gasteiger partial charge in [-0.25, -0.2) is 4.79 Å². The van der Waals surface area contributed by atoms with Crippen LogP contribution in [0.5, 0.6) is 0 Å². The first-order valence-electron chi connectivity index (χ1n) is 12.8. The van der Waals surface area contributed by atoms with E-state index in [1.165, 1.54) is 16.3 Å². The molecule has 6 heteroatoms. The van der Waals surface area contributed by atoms with Crippen LogP contribution in [-0.4, -0.2) is 21.4 Å². The van der Waals surface area contributed by atoms with Gasteiger partial charge in [-0.05, 0) is 82.2 Å². The van der Waals surface area contributed by atoms with Gasteiger partial charge in [0.1, 0.15) is 5.69 Å². The molecule has 0 aliphatic rings. The van der Waals surface area contributed by atoms with E-state index in [1.54, 1.807) is 35.6 Å². The molecule has 0 aliphatic carbocycles. The van der Waals surface area contributed by atoms with Crippen LogP contribution in [0.1, 0.15) is 50.6 Å². The van der Waals surface area contributed by atoms with Crippen LogP contribution in [0, 0.1) is 0 Å². The van der Waals surface area contributed by atoms with E-state index in [-0.39, 0.29) is 17.5 Å². The summed E-state index contributed by atoms with van der Waals surface area (Å²) in [4.78, 5) is 26.1. The third kappa shape index (κ3) is 4.94. The first-order chi connectivity index (χ1) is 19.0. The number of thiophene rings is 1. The first-order valence-corrected chi connectivity index (χ1v) is 13.6. The smallest absolute Gasteiger partial charge is 0.335 e. The Kier molecular flexibility index (Phi) is 6.47. The molecule has 3 aromatic carbocycles. The molecule has 5 nitrogen and oxygen atoms in total. The van der Waals surface area contributed by atoms with Crippen molar-refractivity contribution in [2.24, 2.45) is 0 Å². The minimum absolute atomic E-state index is 0.191. The number of carboxylic acids is 1. The maximum atomic E-state index is 13.8. The summed E-state index contributed by atoms with van der Waals surface area (Å²) in [6.07, 6.45) is 0.684. The highest BCUT2D eigenvalue weighted by Gasteiger charge is 2.19. The fourth-order valence-corrected chi connectivity index (χ4v) is 5.75. The highest BCUT2D eigenvalue weighted by Crippen LogP contribution is 2.30. The Labute approximate surface area is 230 Å². The molecule has 0 unspecified atom stereocenters. The minimum Gasteiger partial charge on any atom is -0.478 e. The monoisotopic (exact) mass is 530 g/mol. The summed E-state index contributed by atoms with van der Waals surface area (Å²) in [5.41, 5.74) is 5.77. The topological polar surface area (TPSA) is 70.8 Å². The SMILES string of the molecule is C[C@H](NC(=O)c1cc(-c2cccs2)cc2ccc(Cc3ccc4ccccc4c3)n12)c1ccc(C(=O)O)cc1. The molecule has 192 valence electrons. The molecule has 3 heterocycles. The maximum absolute atomic E-state index is 13.8. The summed E-state index contributed by atoms with van der Waals surface area (Å²) in [6.45, 7) is 1.90. The van der Waals surface area contributed by atoms with Crippen molar-refractivity contribution in [1.82, 2.24) is 9.72 Å². The predicted molar refractivity (Wildman–Crippen MR) is 157 cm³/mol. The Hall–Kier alpha value is -4.68. The Morgan fingerprint density at radius 1 is 0.872 bits per heavy atom. The highest BCUT2D eigenvalue weighted by atomic mass is 32.1. The number of aromatic carboxylic acids is 1. The van der Waals surface area contributed by atoms with E-state index in [0.29, 0.717) is 12.1 Å². The van der Waals surface area contributed by atoms with Gasteiger partial charge in [0.15, 0.2) is 0 Å². The molecule has 0 aliphatic heterocycles. The summed E-state index contributed by atoms with van der Waals surface area (Å²) in [5.74, 6) is -1.17. The number of benzene rings is 3. The quantitative estimate of drug-likeness (QED) is 0.223. The lowest BCUT2D eigenvalue weighted by atomic mass is 10.0. The van der Waals surface area contributed by atoms with Crippen molar-refractivity contribution in [1.29, 1.82) is 0 Å². The Balaban J connectivity index is 1.38. The second-order valence-electron chi connectivity index (χ2n) is 9.67. The molecule has 0 radical (unpaired) electrons. The van der Waals surface area contributed by atoms with E-state index in [9.17, 15) is 14.7 Å². The second-order valence-corrected chi connectivity index (χ2v) is 10.6. The van der Waals surface area contributed by atoms with Gasteiger partial charge in [0.2, 0.25) is 0 Å². The molecule has 6 rings (SSSR count). The number of carbonyl (C=O) groups is 2. The zero-order valence-corrected chi connectivity index (χ0v) is 22.1. The first kappa shape index (κ1) is 24.6. The summed E-state index contributed by atoms with van der Waals surface area (Å²) in [6, 6.07) is 33.4. The molecular formula is C33H26N2O3S. The molecule has 0 saturated carbocycles. The van der Waals surface area contributed by atoms with Crippen molar-refractivity contribution >= 4 is 39.5 Å². The number of rotatable bonds is 7. The van der Waals surface area contributed by atoms with Crippen LogP contribution in [0.3, 0.4) is 0 Å². The molecule has 39 heavy (non-hydrogen) atoms. The van der Waals surface area contributed by atoms with Crippen LogP contribution in [-0.2, 0) is 6.42 Å². The van der Waals surface area contributed by atoms with E-state index in [1.807, 2.05) is 41.0 Å². The van der Waals surface area contributed by atoms with Crippen molar-refractivity contribution in [3.05, 3.63) is 137 Å². The summed E-state index contributed by atoms with van der Waals surface area (Å²) in [7, 11) is 0. The van der Waals surface area contributed by atoms with Gasteiger partial charge in [-0.3, -0.25) is 4.79 Å². The van der Waals surface area contributed by atoms with Crippen LogP contribution >= 0.6 is 11.3 Å². The Morgan fingerprint density at radius 2 is 1.67 bits per heavy atom. The largest absolute Gasteiger partial charge is 0.478 e. The number of carbonyl (C=O) groups excluding carboxylic acids is 1. The normalized spacial score (nSPS) is 12.0. The van der Waals surface area contributed by atoms with Gasteiger partial charge in [-0.2, -0.15) is 0 Å². The third-order valence-corrected chi connectivity index (χ3v) is 7.99. The van der Waals surface area contributed by atoms with Crippen molar-refractivity contribution in [2.75, 3.05) is 0 Å². The number of nitrogens with zero attached hydrogens (tertiary/aromatic N) is 1. The standard InChI is InChI=1S/C33H26N2O3S/c1-21(23-10-12-25(13-11-23)33(37)38)34-32(36)30-20-27(31-7-4-16-39-31)19-29-15-14-28(35(29)30)18-22-8-9-24-5-2-3-6-26(24)17-22/h2-17,19-21H,18H2,1H3,(H,34,36)(H,37,38)/t21-/m0/s1. The lowest BCUT2D eigenvalue weighted by Gasteiger charge is -2.17. The zero-order chi connectivity index (χ0) is 26.9. The molecule has 0 spiro atoms. The lowest BCUT2D eigenvalue weighted by molar-refractivity contribution is 0.0696. The number of carboxylic acid groups (broad SMARTS) is 1. The number of hydrogen-bond acceptors (Lipinski definition) is 3. The van der Waals surface area contributed by atoms with Gasteiger partial charge in [-0.1, -0.05) is 60.7 Å². The van der Waals surface area contributed by atoms with Crippen molar-refractivity contribution in [3.8, 4) is 10.4 Å². The number of pyridine rings is 1. The number of fused-ring (bicyclic) bond motifs is 2. The van der Waals surface area contributed by atoms with Crippen LogP contribution in [0.4, 0.5) is 0 Å². The average Bonchev–Trinajstić information content (AvgIpc) is 3.63. The number of aromatic nitrogens is 1. The van der Waals surface area contributed by atoms with Crippen molar-refractivity contribution < 1.29 is 14.7 Å². The summed E-state index contributed by atoms with van der Waals surface area (Å²) < 4.78 is 2.04. The van der Waals surface area contributed by atoms with E-state index in [0.717, 1.165) is 27.2 Å². The maximum Gasteiger partial charge on any atom is 0.335 e. The number of nitrogens with one attached hydrogen (secondary N) is 1. The summed E-state index contributed by atoms with van der Waals surface area (Å²) >= 11 is 1.64. The lowest BCUT2D eigenvalue weighted by Crippen LogP contribution is -2.28. The van der Waals surface area contributed by atoms with E-state index < -0.39 is 5.97 Å². The molecule has 0 fully saturated rings. The van der Waals surface area contributed by atoms with Gasteiger partial charge in [0.25, 0.3) is 5.91 Å². The molecule has 2 N–H and O–H groups in total. The zero-order valence-electron chi connectivity index (χ0n) is 21.3. The van der Waals surface area contributed by atoms with Crippen LogP contribution in [0.2, 0.25) is 0 Å². The minimum atomic E-state index is -0.974. The molecule has 0 bridgehead atoms. The van der Waals surface area contributed by atoms with Crippen LogP contribution in [0.15, 0.2) is 109 Å². The van der Waals surface area contributed by atoms with Gasteiger partial charge in [0.05, 0.1) is 11.6 Å². The molecule has 6 aromatic rings. The van der Waals surface area contributed by atoms with E-state index >= 15 is 0 Å². The van der Waals surface area contributed by atoms with Crippen molar-refractivity contribution in [3.63, 3.8) is 0 Å². The fourth-order valence-electron chi connectivity index (χ4n) is 5.03. The fraction of sp³-hybridized carbons (Fsp3) is 0.0909. The van der Waals surface area contributed by atoms with Crippen molar-refractivity contribution in [2.45, 2.75) is 19.4 Å². The molecule has 0 saturated heterocycles. The predicted octanol–water partition coefficient (Wildman–Crippen LogP) is 7.60. The number of hydrogen-bond donors (Lipinski definition) is 2. The van der Waals surface area contributed by atoms with Gasteiger partial charge in [0, 0.05) is 22.5 Å². The van der Waals surface area contributed by atoms with Gasteiger partial charge >= 0.3 is 5.97 Å². The third-order valence-electron chi connectivity index (χ3n) is 7.07. The highest BCUT2D eigenvalue weighted by molar-refractivity contribution is 7.13. The molecule has 1 atom stereocenters. The molecule has 1 amide bonds. The Morgan fingerprint density at radius 3 is 2.41 bits per heavy atom. The Bertz CT molecular complexity index is 1820. The molecule has 3 aromatic heterocycles. The van der Waals surface area contributed by atoms with Crippen LogP contribution in [0.25, 0.3) is 26.7 Å². The summed E-state index contributed by atoms with van der Waals surface area (Å²) in [5, 5.41) is 16.8. The second kappa shape index (κ2) is 10.2. The number of amides is 1. The van der Waals surface area contributed by atoms with Gasteiger partial charge < -0.3 is 14.8 Å². The van der Waals surface area contributed by atoms with Gasteiger partial charge in [-0.15, -0.1) is 11.3 Å². The molecular weight excluding hydrogens is 504 g/mol. The van der Waals surface area contributed by atoms with Crippen LogP contribution < -0.4 is 5.32 Å².